The number of hydrogen-bond donors (Lipinski definition) is 2. The standard InChI is InChI=1S/C22H37N3O4/c1-15(2)29-16(3)21(4,5)18(23)13-19(26)24-20(27)22(6,7)25(8)14-17-9-11-28-12-10-17/h13,17H,1,3,9-12,14,23H2,2,4-8H3,(H,24,26,27). The van der Waals surface area contributed by atoms with Gasteiger partial charge in [0.15, 0.2) is 0 Å². The van der Waals surface area contributed by atoms with Gasteiger partial charge in [0.05, 0.1) is 16.7 Å². The van der Waals surface area contributed by atoms with E-state index in [1.54, 1.807) is 34.6 Å². The molecule has 164 valence electrons. The molecule has 0 atom stereocenters. The highest BCUT2D eigenvalue weighted by molar-refractivity contribution is 6.04. The second-order valence-electron chi connectivity index (χ2n) is 8.77. The minimum absolute atomic E-state index is 0.238. The van der Waals surface area contributed by atoms with Gasteiger partial charge in [0.1, 0.15) is 5.76 Å². The molecular weight excluding hydrogens is 370 g/mol. The second-order valence-corrected chi connectivity index (χ2v) is 8.77. The Morgan fingerprint density at radius 3 is 2.31 bits per heavy atom. The number of carbonyl (C=O) groups excluding carboxylic acids is 2. The zero-order chi connectivity index (χ0) is 22.4. The van der Waals surface area contributed by atoms with Gasteiger partial charge in [0.25, 0.3) is 5.91 Å². The summed E-state index contributed by atoms with van der Waals surface area (Å²) in [6.07, 6.45) is 3.16. The molecule has 0 aliphatic carbocycles. The highest BCUT2D eigenvalue weighted by Crippen LogP contribution is 2.32. The predicted octanol–water partition coefficient (Wildman–Crippen LogP) is 2.70. The van der Waals surface area contributed by atoms with Crippen LogP contribution in [-0.2, 0) is 19.1 Å². The fourth-order valence-electron chi connectivity index (χ4n) is 2.84. The van der Waals surface area contributed by atoms with Gasteiger partial charge in [-0.1, -0.05) is 13.2 Å². The van der Waals surface area contributed by atoms with Gasteiger partial charge in [0.2, 0.25) is 5.91 Å². The number of nitrogens with one attached hydrogen (secondary N) is 1. The molecule has 1 aliphatic rings. The van der Waals surface area contributed by atoms with Crippen LogP contribution >= 0.6 is 0 Å². The Balaban J connectivity index is 2.75. The molecule has 0 aromatic rings. The van der Waals surface area contributed by atoms with E-state index in [4.69, 9.17) is 15.2 Å². The van der Waals surface area contributed by atoms with Gasteiger partial charge in [0, 0.05) is 31.5 Å². The number of imide groups is 1. The predicted molar refractivity (Wildman–Crippen MR) is 114 cm³/mol. The van der Waals surface area contributed by atoms with Crippen LogP contribution in [0.1, 0.15) is 47.5 Å². The zero-order valence-electron chi connectivity index (χ0n) is 18.8. The van der Waals surface area contributed by atoms with Gasteiger partial charge in [-0.15, -0.1) is 0 Å². The Morgan fingerprint density at radius 2 is 1.79 bits per heavy atom. The fourth-order valence-corrected chi connectivity index (χ4v) is 2.84. The summed E-state index contributed by atoms with van der Waals surface area (Å²) >= 11 is 0. The molecule has 7 heteroatoms. The van der Waals surface area contributed by atoms with Crippen molar-refractivity contribution in [2.75, 3.05) is 26.8 Å². The Morgan fingerprint density at radius 1 is 1.24 bits per heavy atom. The third-order valence-corrected chi connectivity index (χ3v) is 5.62. The number of allylic oxidation sites excluding steroid dienone is 1. The Labute approximate surface area is 175 Å². The second kappa shape index (κ2) is 10.1. The number of amides is 2. The average molecular weight is 408 g/mol. The van der Waals surface area contributed by atoms with E-state index in [0.29, 0.717) is 17.4 Å². The molecule has 0 spiro atoms. The van der Waals surface area contributed by atoms with E-state index in [1.807, 2.05) is 11.9 Å². The molecule has 0 aromatic heterocycles. The number of carbonyl (C=O) groups is 2. The van der Waals surface area contributed by atoms with Crippen LogP contribution in [-0.4, -0.2) is 49.1 Å². The highest BCUT2D eigenvalue weighted by Gasteiger charge is 2.35. The SMILES string of the molecule is C=C(C)OC(=C)C(C)(C)C(N)=CC(=O)NC(=O)C(C)(C)N(C)CC1CCOCC1. The first-order valence-electron chi connectivity index (χ1n) is 9.93. The summed E-state index contributed by atoms with van der Waals surface area (Å²) in [4.78, 5) is 27.1. The van der Waals surface area contributed by atoms with Crippen molar-refractivity contribution in [3.05, 3.63) is 36.4 Å². The number of ether oxygens (including phenoxy) is 2. The lowest BCUT2D eigenvalue weighted by molar-refractivity contribution is -0.135. The molecule has 1 saturated heterocycles. The molecule has 1 rings (SSSR count). The van der Waals surface area contributed by atoms with Crippen LogP contribution in [0, 0.1) is 11.3 Å². The molecule has 0 radical (unpaired) electrons. The number of nitrogens with two attached hydrogens (primary N) is 1. The minimum Gasteiger partial charge on any atom is -0.467 e. The van der Waals surface area contributed by atoms with Crippen LogP contribution in [0.15, 0.2) is 36.4 Å². The van der Waals surface area contributed by atoms with Crippen molar-refractivity contribution >= 4 is 11.8 Å². The zero-order valence-corrected chi connectivity index (χ0v) is 18.8. The molecule has 7 nitrogen and oxygen atoms in total. The summed E-state index contributed by atoms with van der Waals surface area (Å²) < 4.78 is 10.8. The van der Waals surface area contributed by atoms with Crippen LogP contribution < -0.4 is 11.1 Å². The van der Waals surface area contributed by atoms with Crippen molar-refractivity contribution in [1.82, 2.24) is 10.2 Å². The molecule has 0 bridgehead atoms. The topological polar surface area (TPSA) is 93.9 Å². The summed E-state index contributed by atoms with van der Waals surface area (Å²) in [5.41, 5.74) is 4.69. The van der Waals surface area contributed by atoms with Gasteiger partial charge in [-0.3, -0.25) is 19.8 Å². The van der Waals surface area contributed by atoms with Crippen LogP contribution in [0.5, 0.6) is 0 Å². The maximum Gasteiger partial charge on any atom is 0.252 e. The van der Waals surface area contributed by atoms with Crippen molar-refractivity contribution in [3.8, 4) is 0 Å². The van der Waals surface area contributed by atoms with E-state index >= 15 is 0 Å². The molecule has 0 saturated carbocycles. The number of likely N-dealkylation sites (N-methyl/N-ethyl adjacent to an activating group) is 1. The Bertz CT molecular complexity index is 674. The van der Waals surface area contributed by atoms with E-state index in [0.717, 1.165) is 32.6 Å². The largest absolute Gasteiger partial charge is 0.467 e. The molecule has 0 aromatic carbocycles. The van der Waals surface area contributed by atoms with Gasteiger partial charge < -0.3 is 15.2 Å². The van der Waals surface area contributed by atoms with Crippen LogP contribution in [0.2, 0.25) is 0 Å². The molecule has 1 heterocycles. The maximum atomic E-state index is 12.7. The molecular formula is C22H37N3O4. The van der Waals surface area contributed by atoms with Crippen LogP contribution in [0.3, 0.4) is 0 Å². The number of hydrogen-bond acceptors (Lipinski definition) is 6. The quantitative estimate of drug-likeness (QED) is 0.451. The first-order chi connectivity index (χ1) is 13.3. The van der Waals surface area contributed by atoms with Crippen molar-refractivity contribution in [2.24, 2.45) is 17.1 Å². The van der Waals surface area contributed by atoms with Crippen molar-refractivity contribution in [1.29, 1.82) is 0 Å². The first kappa shape index (κ1) is 24.9. The van der Waals surface area contributed by atoms with Crippen molar-refractivity contribution in [2.45, 2.75) is 53.0 Å². The summed E-state index contributed by atoms with van der Waals surface area (Å²) in [6, 6.07) is 0. The maximum absolute atomic E-state index is 12.7. The molecule has 0 unspecified atom stereocenters. The summed E-state index contributed by atoms with van der Waals surface area (Å²) in [6.45, 7) is 18.7. The van der Waals surface area contributed by atoms with E-state index in [-0.39, 0.29) is 11.6 Å². The molecule has 2 amide bonds. The molecule has 3 N–H and O–H groups in total. The lowest BCUT2D eigenvalue weighted by Crippen LogP contribution is -2.55. The monoisotopic (exact) mass is 407 g/mol. The first-order valence-corrected chi connectivity index (χ1v) is 9.93. The van der Waals surface area contributed by atoms with E-state index in [9.17, 15) is 9.59 Å². The van der Waals surface area contributed by atoms with E-state index in [2.05, 4.69) is 18.5 Å². The van der Waals surface area contributed by atoms with Crippen molar-refractivity contribution < 1.29 is 19.1 Å². The third-order valence-electron chi connectivity index (χ3n) is 5.62. The van der Waals surface area contributed by atoms with Gasteiger partial charge in [-0.2, -0.15) is 0 Å². The number of rotatable bonds is 9. The Hall–Kier alpha value is -2.12. The van der Waals surface area contributed by atoms with E-state index < -0.39 is 16.9 Å². The lowest BCUT2D eigenvalue weighted by Gasteiger charge is -2.37. The fraction of sp³-hybridized carbons (Fsp3) is 0.636. The van der Waals surface area contributed by atoms with Crippen molar-refractivity contribution in [3.63, 3.8) is 0 Å². The minimum atomic E-state index is -0.848. The van der Waals surface area contributed by atoms with Gasteiger partial charge in [-0.25, -0.2) is 0 Å². The highest BCUT2D eigenvalue weighted by atomic mass is 16.5. The van der Waals surface area contributed by atoms with Gasteiger partial charge in [-0.05, 0) is 60.4 Å². The van der Waals surface area contributed by atoms with E-state index in [1.165, 1.54) is 6.08 Å². The third kappa shape index (κ3) is 7.01. The smallest absolute Gasteiger partial charge is 0.252 e. The number of nitrogens with zero attached hydrogens (tertiary/aromatic N) is 1. The summed E-state index contributed by atoms with van der Waals surface area (Å²) in [5, 5.41) is 2.43. The lowest BCUT2D eigenvalue weighted by atomic mass is 9.87. The average Bonchev–Trinajstić information content (AvgIpc) is 2.61. The molecule has 1 aliphatic heterocycles. The van der Waals surface area contributed by atoms with Crippen LogP contribution in [0.4, 0.5) is 0 Å². The Kier molecular flexibility index (Phi) is 8.65. The summed E-state index contributed by atoms with van der Waals surface area (Å²) in [7, 11) is 1.89. The normalized spacial score (nSPS) is 16.4. The van der Waals surface area contributed by atoms with Crippen LogP contribution in [0.25, 0.3) is 0 Å². The van der Waals surface area contributed by atoms with Gasteiger partial charge >= 0.3 is 0 Å². The molecule has 29 heavy (non-hydrogen) atoms. The molecule has 1 fully saturated rings. The summed E-state index contributed by atoms with van der Waals surface area (Å²) in [5.74, 6) is 0.374.